The summed E-state index contributed by atoms with van der Waals surface area (Å²) in [6.45, 7) is 7.96. The average Bonchev–Trinajstić information content (AvgIpc) is 2.79. The summed E-state index contributed by atoms with van der Waals surface area (Å²) in [4.78, 5) is 5.62. The molecule has 1 aliphatic heterocycles. The molecule has 0 unspecified atom stereocenters. The molecule has 17 heavy (non-hydrogen) atoms. The number of nitrogens with one attached hydrogen (secondary N) is 1. The topological polar surface area (TPSA) is 38.6 Å². The van der Waals surface area contributed by atoms with Crippen LogP contribution in [0.15, 0.2) is 11.6 Å². The highest BCUT2D eigenvalue weighted by Gasteiger charge is 2.32. The van der Waals surface area contributed by atoms with Crippen molar-refractivity contribution in [3.05, 3.63) is 23.0 Å². The number of ether oxygens (including phenoxy) is 1. The van der Waals surface area contributed by atoms with Crippen molar-refractivity contribution in [3.8, 4) is 0 Å². The summed E-state index contributed by atoms with van der Waals surface area (Å²) in [6.07, 6.45) is 2.09. The van der Waals surface area contributed by atoms with Crippen LogP contribution in [-0.2, 0) is 11.3 Å². The Kier molecular flexibility index (Phi) is 2.69. The molecule has 1 aliphatic rings. The van der Waals surface area contributed by atoms with Crippen LogP contribution < -0.4 is 5.32 Å². The number of nitrogens with zero attached hydrogens (tertiary/aromatic N) is 2. The molecule has 2 aromatic rings. The predicted octanol–water partition coefficient (Wildman–Crippen LogP) is 1.83. The first-order valence-electron chi connectivity index (χ1n) is 5.87. The molecule has 0 aliphatic carbocycles. The lowest BCUT2D eigenvalue weighted by Gasteiger charge is -2.38. The van der Waals surface area contributed by atoms with Gasteiger partial charge in [0.2, 0.25) is 0 Å². The fraction of sp³-hybridized carbons (Fsp3) is 0.583. The van der Waals surface area contributed by atoms with E-state index >= 15 is 0 Å². The molecule has 3 heterocycles. The summed E-state index contributed by atoms with van der Waals surface area (Å²) in [5, 5.41) is 5.59. The lowest BCUT2D eigenvalue weighted by atomic mass is 9.89. The lowest BCUT2D eigenvalue weighted by Crippen LogP contribution is -2.47. The maximum absolute atomic E-state index is 5.25. The van der Waals surface area contributed by atoms with Crippen LogP contribution in [-0.4, -0.2) is 29.1 Å². The lowest BCUT2D eigenvalue weighted by molar-refractivity contribution is -0.0991. The largest absolute Gasteiger partial charge is 0.380 e. The summed E-state index contributed by atoms with van der Waals surface area (Å²) in [6, 6.07) is 0. The van der Waals surface area contributed by atoms with Gasteiger partial charge in [-0.05, 0) is 6.92 Å². The monoisotopic (exact) mass is 251 g/mol. The van der Waals surface area contributed by atoms with Crippen LogP contribution in [0.3, 0.4) is 0 Å². The smallest absolute Gasteiger partial charge is 0.194 e. The van der Waals surface area contributed by atoms with Crippen molar-refractivity contribution in [2.45, 2.75) is 20.4 Å². The minimum Gasteiger partial charge on any atom is -0.380 e. The van der Waals surface area contributed by atoms with Crippen molar-refractivity contribution in [3.63, 3.8) is 0 Å². The minimum atomic E-state index is 0.326. The molecule has 92 valence electrons. The van der Waals surface area contributed by atoms with Gasteiger partial charge in [-0.15, -0.1) is 11.3 Å². The van der Waals surface area contributed by atoms with Crippen molar-refractivity contribution >= 4 is 16.3 Å². The maximum atomic E-state index is 5.25. The van der Waals surface area contributed by atoms with E-state index < -0.39 is 0 Å². The molecule has 0 radical (unpaired) electrons. The third-order valence-electron chi connectivity index (χ3n) is 3.31. The van der Waals surface area contributed by atoms with Crippen molar-refractivity contribution in [2.24, 2.45) is 5.41 Å². The van der Waals surface area contributed by atoms with E-state index in [0.717, 1.165) is 37.0 Å². The molecular weight excluding hydrogens is 234 g/mol. The van der Waals surface area contributed by atoms with E-state index in [1.165, 1.54) is 5.69 Å². The zero-order valence-corrected chi connectivity index (χ0v) is 11.0. The Hall–Kier alpha value is -0.910. The Morgan fingerprint density at radius 1 is 1.59 bits per heavy atom. The summed E-state index contributed by atoms with van der Waals surface area (Å²) in [7, 11) is 0. The summed E-state index contributed by atoms with van der Waals surface area (Å²) >= 11 is 1.68. The first-order chi connectivity index (χ1) is 8.18. The van der Waals surface area contributed by atoms with Gasteiger partial charge in [-0.3, -0.25) is 4.40 Å². The van der Waals surface area contributed by atoms with Crippen LogP contribution in [0.4, 0.5) is 0 Å². The molecule has 1 fully saturated rings. The first-order valence-corrected chi connectivity index (χ1v) is 6.75. The van der Waals surface area contributed by atoms with E-state index in [0.29, 0.717) is 5.41 Å². The molecule has 1 saturated heterocycles. The number of hydrogen-bond acceptors (Lipinski definition) is 4. The van der Waals surface area contributed by atoms with Crippen molar-refractivity contribution in [1.82, 2.24) is 14.7 Å². The van der Waals surface area contributed by atoms with Crippen LogP contribution in [0.1, 0.15) is 18.3 Å². The van der Waals surface area contributed by atoms with Crippen LogP contribution in [0.25, 0.3) is 4.96 Å². The second-order valence-corrected chi connectivity index (χ2v) is 5.98. The maximum Gasteiger partial charge on any atom is 0.194 e. The molecule has 3 rings (SSSR count). The van der Waals surface area contributed by atoms with Crippen molar-refractivity contribution in [1.29, 1.82) is 0 Å². The number of imidazole rings is 1. The Morgan fingerprint density at radius 2 is 2.41 bits per heavy atom. The van der Waals surface area contributed by atoms with Crippen LogP contribution in [0.5, 0.6) is 0 Å². The van der Waals surface area contributed by atoms with Crippen molar-refractivity contribution < 1.29 is 4.74 Å². The second kappa shape index (κ2) is 4.08. The molecule has 4 nitrogen and oxygen atoms in total. The van der Waals surface area contributed by atoms with Gasteiger partial charge in [-0.1, -0.05) is 6.92 Å². The van der Waals surface area contributed by atoms with Gasteiger partial charge in [0.15, 0.2) is 4.96 Å². The minimum absolute atomic E-state index is 0.326. The second-order valence-electron chi connectivity index (χ2n) is 5.11. The molecule has 0 bridgehead atoms. The predicted molar refractivity (Wildman–Crippen MR) is 68.4 cm³/mol. The number of aromatic nitrogens is 2. The summed E-state index contributed by atoms with van der Waals surface area (Å²) in [5.74, 6) is 0. The third kappa shape index (κ3) is 1.99. The number of hydrogen-bond donors (Lipinski definition) is 1. The highest BCUT2D eigenvalue weighted by Crippen LogP contribution is 2.25. The van der Waals surface area contributed by atoms with Gasteiger partial charge >= 0.3 is 0 Å². The highest BCUT2D eigenvalue weighted by molar-refractivity contribution is 7.15. The molecular formula is C12H17N3OS. The normalized spacial score (nSPS) is 18.5. The molecule has 0 aromatic carbocycles. The molecule has 2 aromatic heterocycles. The van der Waals surface area contributed by atoms with Gasteiger partial charge in [-0.25, -0.2) is 4.98 Å². The fourth-order valence-corrected chi connectivity index (χ4v) is 2.97. The van der Waals surface area contributed by atoms with Crippen LogP contribution in [0, 0.1) is 12.3 Å². The molecule has 0 spiro atoms. The van der Waals surface area contributed by atoms with E-state index in [4.69, 9.17) is 4.74 Å². The quantitative estimate of drug-likeness (QED) is 0.901. The highest BCUT2D eigenvalue weighted by atomic mass is 32.1. The first kappa shape index (κ1) is 11.2. The molecule has 1 N–H and O–H groups in total. The van der Waals surface area contributed by atoms with E-state index in [1.807, 2.05) is 0 Å². The Bertz CT molecular complexity index is 527. The van der Waals surface area contributed by atoms with E-state index in [9.17, 15) is 0 Å². The van der Waals surface area contributed by atoms with Gasteiger partial charge in [0.05, 0.1) is 24.6 Å². The molecule has 0 atom stereocenters. The van der Waals surface area contributed by atoms with E-state index in [1.54, 1.807) is 11.3 Å². The third-order valence-corrected chi connectivity index (χ3v) is 4.06. The van der Waals surface area contributed by atoms with Gasteiger partial charge < -0.3 is 10.1 Å². The average molecular weight is 251 g/mol. The SMILES string of the molecule is Cc1nc2sccn2c1CNCC1(C)COC1. The van der Waals surface area contributed by atoms with Crippen LogP contribution in [0.2, 0.25) is 0 Å². The Morgan fingerprint density at radius 3 is 3.12 bits per heavy atom. The number of rotatable bonds is 4. The van der Waals surface area contributed by atoms with Gasteiger partial charge in [-0.2, -0.15) is 0 Å². The Labute approximate surface area is 105 Å². The molecule has 0 saturated carbocycles. The molecule has 5 heteroatoms. The summed E-state index contributed by atoms with van der Waals surface area (Å²) in [5.41, 5.74) is 2.72. The van der Waals surface area contributed by atoms with Gasteiger partial charge in [0.1, 0.15) is 0 Å². The fourth-order valence-electron chi connectivity index (χ4n) is 2.19. The van der Waals surface area contributed by atoms with E-state index in [2.05, 4.69) is 40.1 Å². The van der Waals surface area contributed by atoms with E-state index in [-0.39, 0.29) is 0 Å². The zero-order chi connectivity index (χ0) is 11.9. The van der Waals surface area contributed by atoms with Crippen molar-refractivity contribution in [2.75, 3.05) is 19.8 Å². The van der Waals surface area contributed by atoms with Crippen LogP contribution >= 0.6 is 11.3 Å². The summed E-state index contributed by atoms with van der Waals surface area (Å²) < 4.78 is 7.42. The molecule has 0 amide bonds. The number of thiazole rings is 1. The number of aryl methyl sites for hydroxylation is 1. The number of fused-ring (bicyclic) bond motifs is 1. The van der Waals surface area contributed by atoms with Gasteiger partial charge in [0, 0.05) is 30.1 Å². The van der Waals surface area contributed by atoms with Gasteiger partial charge in [0.25, 0.3) is 0 Å². The Balaban J connectivity index is 1.67. The zero-order valence-electron chi connectivity index (χ0n) is 10.2. The standard InChI is InChI=1S/C12H17N3OS/c1-9-10(15-3-4-17-11(15)14-9)5-13-6-12(2)7-16-8-12/h3-4,13H,5-8H2,1-2H3.